The molecule has 0 spiro atoms. The third-order valence-electron chi connectivity index (χ3n) is 4.33. The maximum atomic E-state index is 13.4. The predicted octanol–water partition coefficient (Wildman–Crippen LogP) is 3.16. The van der Waals surface area contributed by atoms with Crippen LogP contribution in [-0.4, -0.2) is 44.7 Å². The number of carbonyl (C=O) groups excluding carboxylic acids is 1. The molecular weight excluding hydrogens is 375 g/mol. The van der Waals surface area contributed by atoms with Gasteiger partial charge in [-0.2, -0.15) is 11.8 Å². The molecule has 0 saturated heterocycles. The monoisotopic (exact) mass is 402 g/mol. The van der Waals surface area contributed by atoms with Crippen LogP contribution in [0.1, 0.15) is 38.5 Å². The first-order valence-electron chi connectivity index (χ1n) is 8.98. The number of halogens is 1. The van der Waals surface area contributed by atoms with Gasteiger partial charge in [0.15, 0.2) is 0 Å². The summed E-state index contributed by atoms with van der Waals surface area (Å²) in [5.41, 5.74) is 0.149. The van der Waals surface area contributed by atoms with E-state index in [4.69, 9.17) is 0 Å². The van der Waals surface area contributed by atoms with Crippen molar-refractivity contribution in [2.45, 2.75) is 43.8 Å². The van der Waals surface area contributed by atoms with Gasteiger partial charge in [-0.3, -0.25) is 9.10 Å². The highest BCUT2D eigenvalue weighted by atomic mass is 32.2. The van der Waals surface area contributed by atoms with Crippen LogP contribution in [0.25, 0.3) is 0 Å². The summed E-state index contributed by atoms with van der Waals surface area (Å²) in [7, 11) is -3.68. The number of nitrogens with zero attached hydrogens (tertiary/aromatic N) is 1. The van der Waals surface area contributed by atoms with E-state index in [2.05, 4.69) is 5.32 Å². The fourth-order valence-electron chi connectivity index (χ4n) is 3.00. The molecule has 8 heteroatoms. The Morgan fingerprint density at radius 2 is 2.04 bits per heavy atom. The van der Waals surface area contributed by atoms with E-state index >= 15 is 0 Å². The van der Waals surface area contributed by atoms with Gasteiger partial charge in [0.25, 0.3) is 0 Å². The molecule has 0 radical (unpaired) electrons. The van der Waals surface area contributed by atoms with Crippen molar-refractivity contribution in [2.75, 3.05) is 29.4 Å². The van der Waals surface area contributed by atoms with E-state index in [-0.39, 0.29) is 18.1 Å². The molecule has 0 aromatic heterocycles. The molecule has 0 bridgehead atoms. The highest BCUT2D eigenvalue weighted by Gasteiger charge is 2.21. The lowest BCUT2D eigenvalue weighted by Gasteiger charge is -2.22. The number of carbonyl (C=O) groups is 1. The smallest absolute Gasteiger partial charge is 0.240 e. The lowest BCUT2D eigenvalue weighted by atomic mass is 10.0. The molecule has 1 aliphatic carbocycles. The molecular formula is C18H27FN2O3S2. The van der Waals surface area contributed by atoms with Crippen molar-refractivity contribution in [3.05, 3.63) is 30.1 Å². The van der Waals surface area contributed by atoms with Crippen LogP contribution >= 0.6 is 11.8 Å². The Balaban J connectivity index is 1.76. The summed E-state index contributed by atoms with van der Waals surface area (Å²) in [5, 5.41) is 3.50. The Morgan fingerprint density at radius 1 is 1.31 bits per heavy atom. The summed E-state index contributed by atoms with van der Waals surface area (Å²) in [6, 6.07) is 5.23. The molecule has 1 saturated carbocycles. The molecule has 0 aliphatic heterocycles. The van der Waals surface area contributed by atoms with Gasteiger partial charge in [-0.25, -0.2) is 12.8 Å². The third kappa shape index (κ3) is 7.15. The lowest BCUT2D eigenvalue weighted by molar-refractivity contribution is -0.119. The van der Waals surface area contributed by atoms with Crippen molar-refractivity contribution in [2.24, 2.45) is 0 Å². The van der Waals surface area contributed by atoms with Gasteiger partial charge < -0.3 is 5.32 Å². The summed E-state index contributed by atoms with van der Waals surface area (Å²) in [4.78, 5) is 12.1. The van der Waals surface area contributed by atoms with Crippen molar-refractivity contribution < 1.29 is 17.6 Å². The first kappa shape index (κ1) is 21.0. The van der Waals surface area contributed by atoms with Gasteiger partial charge >= 0.3 is 0 Å². The average Bonchev–Trinajstić information content (AvgIpc) is 2.59. The molecule has 1 amide bonds. The molecule has 0 unspecified atom stereocenters. The second-order valence-corrected chi connectivity index (χ2v) is 9.90. The van der Waals surface area contributed by atoms with Gasteiger partial charge in [-0.05, 0) is 43.2 Å². The van der Waals surface area contributed by atoms with Gasteiger partial charge in [-0.15, -0.1) is 0 Å². The summed E-state index contributed by atoms with van der Waals surface area (Å²) >= 11 is 1.97. The number of amides is 1. The van der Waals surface area contributed by atoms with Crippen LogP contribution in [0.3, 0.4) is 0 Å². The van der Waals surface area contributed by atoms with Crippen LogP contribution in [0.15, 0.2) is 24.3 Å². The molecule has 26 heavy (non-hydrogen) atoms. The number of rotatable bonds is 9. The fraction of sp³-hybridized carbons (Fsp3) is 0.611. The van der Waals surface area contributed by atoms with Crippen molar-refractivity contribution in [3.8, 4) is 0 Å². The summed E-state index contributed by atoms with van der Waals surface area (Å²) in [5.74, 6) is 0.0589. The number of hydrogen-bond acceptors (Lipinski definition) is 4. The first-order chi connectivity index (χ1) is 12.4. The maximum Gasteiger partial charge on any atom is 0.240 e. The van der Waals surface area contributed by atoms with Crippen molar-refractivity contribution in [1.29, 1.82) is 0 Å². The minimum absolute atomic E-state index is 0.149. The molecule has 1 aromatic rings. The zero-order valence-corrected chi connectivity index (χ0v) is 16.8. The van der Waals surface area contributed by atoms with Crippen molar-refractivity contribution in [1.82, 2.24) is 5.32 Å². The molecule has 1 fully saturated rings. The summed E-state index contributed by atoms with van der Waals surface area (Å²) in [6.45, 7) is 0.164. The van der Waals surface area contributed by atoms with E-state index in [9.17, 15) is 17.6 Å². The fourth-order valence-corrected chi connectivity index (χ4v) is 5.16. The van der Waals surface area contributed by atoms with Crippen LogP contribution in [0.2, 0.25) is 0 Å². The van der Waals surface area contributed by atoms with E-state index in [0.29, 0.717) is 6.54 Å². The number of thioether (sulfide) groups is 1. The van der Waals surface area contributed by atoms with Crippen LogP contribution in [0.5, 0.6) is 0 Å². The predicted molar refractivity (Wildman–Crippen MR) is 106 cm³/mol. The number of anilines is 1. The topological polar surface area (TPSA) is 66.5 Å². The highest BCUT2D eigenvalue weighted by Crippen LogP contribution is 2.28. The van der Waals surface area contributed by atoms with Crippen molar-refractivity contribution in [3.63, 3.8) is 0 Å². The van der Waals surface area contributed by atoms with Gasteiger partial charge in [0.2, 0.25) is 15.9 Å². The molecule has 1 aromatic carbocycles. The number of nitrogens with one attached hydrogen (secondary N) is 1. The van der Waals surface area contributed by atoms with Crippen molar-refractivity contribution >= 4 is 33.4 Å². The van der Waals surface area contributed by atoms with Crippen LogP contribution in [-0.2, 0) is 14.8 Å². The van der Waals surface area contributed by atoms with E-state index in [1.807, 2.05) is 11.8 Å². The van der Waals surface area contributed by atoms with E-state index < -0.39 is 15.8 Å². The molecule has 0 atom stereocenters. The quantitative estimate of drug-likeness (QED) is 0.645. The van der Waals surface area contributed by atoms with E-state index in [0.717, 1.165) is 34.1 Å². The van der Waals surface area contributed by atoms with Crippen LogP contribution in [0.4, 0.5) is 10.1 Å². The summed E-state index contributed by atoms with van der Waals surface area (Å²) in [6.07, 6.45) is 8.40. The standard InChI is InChI=1S/C18H27FN2O3S2/c1-26(23,24)21(16-8-5-7-15(19)13-16)14-18(22)20-11-6-12-25-17-9-3-2-4-10-17/h5,7-8,13,17H,2-4,6,9-12,14H2,1H3,(H,20,22). The third-order valence-corrected chi connectivity index (χ3v) is 6.94. The number of sulfonamides is 1. The Morgan fingerprint density at radius 3 is 2.69 bits per heavy atom. The van der Waals surface area contributed by atoms with Gasteiger partial charge in [0, 0.05) is 11.8 Å². The molecule has 1 N–H and O–H groups in total. The minimum atomic E-state index is -3.68. The Kier molecular flexibility index (Phi) is 8.21. The molecule has 0 heterocycles. The molecule has 5 nitrogen and oxygen atoms in total. The Bertz CT molecular complexity index is 691. The van der Waals surface area contributed by atoms with Crippen LogP contribution in [0, 0.1) is 5.82 Å². The normalized spacial score (nSPS) is 15.6. The average molecular weight is 403 g/mol. The Hall–Kier alpha value is -1.28. The lowest BCUT2D eigenvalue weighted by Crippen LogP contribution is -2.40. The second kappa shape index (κ2) is 10.2. The van der Waals surface area contributed by atoms with Gasteiger partial charge in [0.05, 0.1) is 11.9 Å². The SMILES string of the molecule is CS(=O)(=O)N(CC(=O)NCCCSC1CCCCC1)c1cccc(F)c1. The molecule has 1 aliphatic rings. The van der Waals surface area contributed by atoms with E-state index in [1.165, 1.54) is 50.3 Å². The zero-order valence-electron chi connectivity index (χ0n) is 15.1. The van der Waals surface area contributed by atoms with Crippen LogP contribution < -0.4 is 9.62 Å². The van der Waals surface area contributed by atoms with Gasteiger partial charge in [-0.1, -0.05) is 25.3 Å². The largest absolute Gasteiger partial charge is 0.354 e. The highest BCUT2D eigenvalue weighted by molar-refractivity contribution is 7.99. The summed E-state index contributed by atoms with van der Waals surface area (Å²) < 4.78 is 38.2. The second-order valence-electron chi connectivity index (χ2n) is 6.58. The zero-order chi connectivity index (χ0) is 19.0. The first-order valence-corrected chi connectivity index (χ1v) is 11.9. The number of benzene rings is 1. The molecule has 2 rings (SSSR count). The van der Waals surface area contributed by atoms with E-state index in [1.54, 1.807) is 0 Å². The van der Waals surface area contributed by atoms with Gasteiger partial charge in [0.1, 0.15) is 12.4 Å². The number of hydrogen-bond donors (Lipinski definition) is 1. The Labute approximate surface area is 159 Å². The minimum Gasteiger partial charge on any atom is -0.354 e. The molecule has 146 valence electrons. The maximum absolute atomic E-state index is 13.4.